The molecule has 1 fully saturated rings. The van der Waals surface area contributed by atoms with Gasteiger partial charge in [0.05, 0.1) is 6.04 Å². The molecule has 3 aromatic heterocycles. The highest BCUT2D eigenvalue weighted by molar-refractivity contribution is 7.08. The largest absolute Gasteiger partial charge is 0.348 e. The van der Waals surface area contributed by atoms with Gasteiger partial charge in [-0.15, -0.1) is 15.3 Å². The average molecular weight is 271 g/mol. The molecule has 3 aromatic rings. The highest BCUT2D eigenvalue weighted by Crippen LogP contribution is 2.35. The summed E-state index contributed by atoms with van der Waals surface area (Å²) in [4.78, 5) is 2.38. The summed E-state index contributed by atoms with van der Waals surface area (Å²) in [5, 5.41) is 16.8. The summed E-state index contributed by atoms with van der Waals surface area (Å²) < 4.78 is 1.73. The minimum absolute atomic E-state index is 0.452. The predicted molar refractivity (Wildman–Crippen MR) is 74.4 cm³/mol. The number of aromatic nitrogens is 4. The van der Waals surface area contributed by atoms with E-state index >= 15 is 0 Å². The summed E-state index contributed by atoms with van der Waals surface area (Å²) >= 11 is 1.76. The molecule has 1 aliphatic heterocycles. The Morgan fingerprint density at radius 2 is 2.26 bits per heavy atom. The van der Waals surface area contributed by atoms with Crippen molar-refractivity contribution in [3.63, 3.8) is 0 Å². The number of hydrogen-bond acceptors (Lipinski definition) is 5. The molecule has 0 bridgehead atoms. The van der Waals surface area contributed by atoms with E-state index in [1.54, 1.807) is 22.2 Å². The van der Waals surface area contributed by atoms with Crippen LogP contribution in [0.1, 0.15) is 24.4 Å². The molecule has 1 saturated heterocycles. The predicted octanol–water partition coefficient (Wildman–Crippen LogP) is 2.53. The van der Waals surface area contributed by atoms with Crippen LogP contribution in [-0.2, 0) is 0 Å². The van der Waals surface area contributed by atoms with Crippen LogP contribution in [0.4, 0.5) is 5.82 Å². The van der Waals surface area contributed by atoms with Gasteiger partial charge in [-0.1, -0.05) is 0 Å². The van der Waals surface area contributed by atoms with Crippen molar-refractivity contribution < 1.29 is 0 Å². The standard InChI is InChI=1S/C13H13N5S/c1-2-11(10-5-7-19-8-10)17(6-1)13-4-3-12-15-14-9-18(12)16-13/h3-5,7-9,11H,1-2,6H2/t11-/m0/s1. The number of fused-ring (bicyclic) bond motifs is 1. The van der Waals surface area contributed by atoms with Crippen molar-refractivity contribution in [1.82, 2.24) is 19.8 Å². The molecule has 0 aliphatic carbocycles. The van der Waals surface area contributed by atoms with Crippen molar-refractivity contribution in [1.29, 1.82) is 0 Å². The molecule has 0 radical (unpaired) electrons. The van der Waals surface area contributed by atoms with Gasteiger partial charge >= 0.3 is 0 Å². The fourth-order valence-electron chi connectivity index (χ4n) is 2.72. The molecule has 0 aromatic carbocycles. The smallest absolute Gasteiger partial charge is 0.177 e. The lowest BCUT2D eigenvalue weighted by atomic mass is 10.1. The van der Waals surface area contributed by atoms with Gasteiger partial charge in [0.25, 0.3) is 0 Å². The minimum atomic E-state index is 0.452. The van der Waals surface area contributed by atoms with Crippen molar-refractivity contribution in [3.8, 4) is 0 Å². The number of hydrogen-bond donors (Lipinski definition) is 0. The first-order valence-electron chi connectivity index (χ1n) is 6.37. The Hall–Kier alpha value is -1.95. The zero-order chi connectivity index (χ0) is 12.7. The van der Waals surface area contributed by atoms with Gasteiger partial charge in [-0.3, -0.25) is 0 Å². The van der Waals surface area contributed by atoms with E-state index in [4.69, 9.17) is 0 Å². The van der Waals surface area contributed by atoms with Gasteiger partial charge in [-0.2, -0.15) is 15.9 Å². The summed E-state index contributed by atoms with van der Waals surface area (Å²) in [6.07, 6.45) is 4.05. The number of nitrogens with zero attached hydrogens (tertiary/aromatic N) is 5. The SMILES string of the molecule is c1cc([C@@H]2CCCN2c2ccc3nncn3n2)cs1. The van der Waals surface area contributed by atoms with Crippen molar-refractivity contribution in [2.24, 2.45) is 0 Å². The monoisotopic (exact) mass is 271 g/mol. The van der Waals surface area contributed by atoms with Gasteiger partial charge in [0.2, 0.25) is 0 Å². The van der Waals surface area contributed by atoms with Crippen LogP contribution in [0.2, 0.25) is 0 Å². The Morgan fingerprint density at radius 1 is 1.26 bits per heavy atom. The maximum atomic E-state index is 4.60. The average Bonchev–Trinajstić information content (AvgIpc) is 3.18. The summed E-state index contributed by atoms with van der Waals surface area (Å²) in [6.45, 7) is 1.06. The molecular formula is C13H13N5S. The lowest BCUT2D eigenvalue weighted by molar-refractivity contribution is 0.704. The second-order valence-electron chi connectivity index (χ2n) is 4.73. The Morgan fingerprint density at radius 3 is 3.16 bits per heavy atom. The topological polar surface area (TPSA) is 46.3 Å². The Bertz CT molecular complexity index is 690. The van der Waals surface area contributed by atoms with Crippen molar-refractivity contribution in [2.75, 3.05) is 11.4 Å². The van der Waals surface area contributed by atoms with E-state index < -0.39 is 0 Å². The van der Waals surface area contributed by atoms with Gasteiger partial charge in [-0.05, 0) is 47.4 Å². The van der Waals surface area contributed by atoms with E-state index in [0.717, 1.165) is 18.0 Å². The summed E-state index contributed by atoms with van der Waals surface area (Å²) in [6, 6.07) is 6.67. The highest BCUT2D eigenvalue weighted by atomic mass is 32.1. The van der Waals surface area contributed by atoms with Gasteiger partial charge < -0.3 is 4.90 Å². The van der Waals surface area contributed by atoms with E-state index in [1.807, 2.05) is 12.1 Å². The van der Waals surface area contributed by atoms with Crippen LogP contribution in [0.15, 0.2) is 35.3 Å². The summed E-state index contributed by atoms with van der Waals surface area (Å²) in [5.74, 6) is 1.00. The molecule has 6 heteroatoms. The second kappa shape index (κ2) is 4.31. The first kappa shape index (κ1) is 10.9. The molecule has 0 N–H and O–H groups in total. The maximum Gasteiger partial charge on any atom is 0.177 e. The van der Waals surface area contributed by atoms with Gasteiger partial charge in [0.1, 0.15) is 12.1 Å². The van der Waals surface area contributed by atoms with E-state index in [9.17, 15) is 0 Å². The molecule has 0 spiro atoms. The van der Waals surface area contributed by atoms with E-state index in [2.05, 4.69) is 37.0 Å². The zero-order valence-corrected chi connectivity index (χ0v) is 11.1. The second-order valence-corrected chi connectivity index (χ2v) is 5.51. The molecule has 4 heterocycles. The number of rotatable bonds is 2. The van der Waals surface area contributed by atoms with E-state index in [1.165, 1.54) is 18.4 Å². The van der Waals surface area contributed by atoms with Crippen molar-refractivity contribution in [2.45, 2.75) is 18.9 Å². The third-order valence-electron chi connectivity index (χ3n) is 3.62. The molecule has 1 atom stereocenters. The van der Waals surface area contributed by atoms with E-state index in [0.29, 0.717) is 6.04 Å². The van der Waals surface area contributed by atoms with Gasteiger partial charge in [0, 0.05) is 6.54 Å². The molecule has 5 nitrogen and oxygen atoms in total. The highest BCUT2D eigenvalue weighted by Gasteiger charge is 2.27. The van der Waals surface area contributed by atoms with Crippen molar-refractivity contribution in [3.05, 3.63) is 40.8 Å². The molecule has 96 valence electrons. The zero-order valence-electron chi connectivity index (χ0n) is 10.3. The number of anilines is 1. The molecule has 1 aliphatic rings. The molecule has 0 unspecified atom stereocenters. The molecule has 0 saturated carbocycles. The Balaban J connectivity index is 1.73. The van der Waals surface area contributed by atoms with Crippen LogP contribution in [0.3, 0.4) is 0 Å². The van der Waals surface area contributed by atoms with Crippen LogP contribution in [0, 0.1) is 0 Å². The molecule has 19 heavy (non-hydrogen) atoms. The lowest BCUT2D eigenvalue weighted by Crippen LogP contribution is -2.23. The van der Waals surface area contributed by atoms with Crippen LogP contribution in [0.25, 0.3) is 5.65 Å². The first-order chi connectivity index (χ1) is 9.42. The van der Waals surface area contributed by atoms with Gasteiger partial charge in [-0.25, -0.2) is 0 Å². The van der Waals surface area contributed by atoms with Gasteiger partial charge in [0.15, 0.2) is 5.65 Å². The summed E-state index contributed by atoms with van der Waals surface area (Å²) in [5.41, 5.74) is 2.18. The first-order valence-corrected chi connectivity index (χ1v) is 7.32. The minimum Gasteiger partial charge on any atom is -0.348 e. The van der Waals surface area contributed by atoms with Crippen LogP contribution < -0.4 is 4.90 Å². The Labute approximate surface area is 114 Å². The third-order valence-corrected chi connectivity index (χ3v) is 4.32. The maximum absolute atomic E-state index is 4.60. The van der Waals surface area contributed by atoms with Crippen LogP contribution in [-0.4, -0.2) is 26.4 Å². The molecule has 4 rings (SSSR count). The van der Waals surface area contributed by atoms with Crippen molar-refractivity contribution >= 4 is 22.8 Å². The molecular weight excluding hydrogens is 258 g/mol. The summed E-state index contributed by atoms with van der Waals surface area (Å²) in [7, 11) is 0. The van der Waals surface area contributed by atoms with Crippen LogP contribution >= 0.6 is 11.3 Å². The Kier molecular flexibility index (Phi) is 2.48. The fourth-order valence-corrected chi connectivity index (χ4v) is 3.43. The van der Waals surface area contributed by atoms with Crippen LogP contribution in [0.5, 0.6) is 0 Å². The normalized spacial score (nSPS) is 19.4. The quantitative estimate of drug-likeness (QED) is 0.718. The molecule has 0 amide bonds. The van der Waals surface area contributed by atoms with E-state index in [-0.39, 0.29) is 0 Å². The third kappa shape index (κ3) is 1.79. The number of thiophene rings is 1. The lowest BCUT2D eigenvalue weighted by Gasteiger charge is -2.24. The fraction of sp³-hybridized carbons (Fsp3) is 0.308.